The van der Waals surface area contributed by atoms with Gasteiger partial charge in [0.2, 0.25) is 0 Å². The molecule has 27 heavy (non-hydrogen) atoms. The first kappa shape index (κ1) is 24.5. The SMILES string of the molecule is C=C(C)[C@@H]1OC(C)(C)O[C@@H]([C@@H](C)C[C@H](O[Si](CC)(CC)CC)C(C)=O)[C@H]1C. The van der Waals surface area contributed by atoms with Crippen molar-refractivity contribution in [2.24, 2.45) is 11.8 Å². The van der Waals surface area contributed by atoms with Crippen LogP contribution in [0.4, 0.5) is 0 Å². The lowest BCUT2D eigenvalue weighted by molar-refractivity contribution is -0.320. The molecule has 158 valence electrons. The lowest BCUT2D eigenvalue weighted by Gasteiger charge is -2.47. The van der Waals surface area contributed by atoms with Crippen LogP contribution >= 0.6 is 0 Å². The van der Waals surface area contributed by atoms with Crippen LogP contribution in [-0.2, 0) is 18.7 Å². The standard InChI is InChI=1S/C22H42O4Si/c1-11-27(12-2,13-3)26-19(18(8)23)14-16(6)21-17(7)20(15(4)5)24-22(9,10)25-21/h16-17,19-21H,4,11-14H2,1-3,5-10H3/t16-,17-,19-,20-,21-/m0/s1. The maximum atomic E-state index is 12.4. The highest BCUT2D eigenvalue weighted by molar-refractivity contribution is 6.73. The molecule has 0 unspecified atom stereocenters. The van der Waals surface area contributed by atoms with Crippen molar-refractivity contribution in [3.8, 4) is 0 Å². The molecule has 0 bridgehead atoms. The number of ketones is 1. The maximum absolute atomic E-state index is 12.4. The number of carbonyl (C=O) groups is 1. The molecule has 0 amide bonds. The molecule has 4 nitrogen and oxygen atoms in total. The van der Waals surface area contributed by atoms with Gasteiger partial charge in [-0.2, -0.15) is 0 Å². The van der Waals surface area contributed by atoms with Gasteiger partial charge in [0.05, 0.1) is 12.2 Å². The van der Waals surface area contributed by atoms with E-state index < -0.39 is 14.1 Å². The Morgan fingerprint density at radius 2 is 1.67 bits per heavy atom. The molecule has 0 aliphatic carbocycles. The molecule has 1 fully saturated rings. The van der Waals surface area contributed by atoms with Crippen LogP contribution in [0, 0.1) is 11.8 Å². The van der Waals surface area contributed by atoms with Crippen molar-refractivity contribution in [3.05, 3.63) is 12.2 Å². The summed E-state index contributed by atoms with van der Waals surface area (Å²) in [7, 11) is -1.84. The first-order chi connectivity index (χ1) is 12.4. The summed E-state index contributed by atoms with van der Waals surface area (Å²) in [4.78, 5) is 12.4. The maximum Gasteiger partial charge on any atom is 0.193 e. The molecule has 0 aromatic heterocycles. The highest BCUT2D eigenvalue weighted by Gasteiger charge is 2.44. The predicted octanol–water partition coefficient (Wildman–Crippen LogP) is 5.72. The van der Waals surface area contributed by atoms with E-state index in [2.05, 4.69) is 41.2 Å². The fourth-order valence-corrected chi connectivity index (χ4v) is 7.17. The minimum atomic E-state index is -1.84. The number of hydrogen-bond donors (Lipinski definition) is 0. The molecule has 0 aromatic rings. The zero-order valence-corrected chi connectivity index (χ0v) is 20.1. The summed E-state index contributed by atoms with van der Waals surface area (Å²) in [5.41, 5.74) is 1.02. The normalized spacial score (nSPS) is 27.8. The molecular formula is C22H42O4Si. The largest absolute Gasteiger partial charge is 0.407 e. The van der Waals surface area contributed by atoms with Crippen LogP contribution in [0.2, 0.25) is 18.1 Å². The molecular weight excluding hydrogens is 356 g/mol. The Hall–Kier alpha value is -0.493. The van der Waals surface area contributed by atoms with Crippen molar-refractivity contribution < 1.29 is 18.7 Å². The number of rotatable bonds is 10. The van der Waals surface area contributed by atoms with Crippen molar-refractivity contribution in [1.29, 1.82) is 0 Å². The van der Waals surface area contributed by atoms with E-state index >= 15 is 0 Å². The first-order valence-corrected chi connectivity index (χ1v) is 13.1. The minimum Gasteiger partial charge on any atom is -0.407 e. The van der Waals surface area contributed by atoms with Gasteiger partial charge in [-0.15, -0.1) is 0 Å². The van der Waals surface area contributed by atoms with Crippen LogP contribution < -0.4 is 0 Å². The molecule has 1 aliphatic heterocycles. The Morgan fingerprint density at radius 1 is 1.15 bits per heavy atom. The Morgan fingerprint density at radius 3 is 2.07 bits per heavy atom. The van der Waals surface area contributed by atoms with Gasteiger partial charge in [-0.05, 0) is 58.2 Å². The smallest absolute Gasteiger partial charge is 0.193 e. The Kier molecular flexibility index (Phi) is 8.92. The number of Topliss-reactive ketones (excluding diaryl/α,β-unsaturated/α-hetero) is 1. The van der Waals surface area contributed by atoms with E-state index in [1.54, 1.807) is 6.92 Å². The highest BCUT2D eigenvalue weighted by atomic mass is 28.4. The van der Waals surface area contributed by atoms with E-state index in [0.717, 1.165) is 23.7 Å². The van der Waals surface area contributed by atoms with Gasteiger partial charge in [-0.25, -0.2) is 0 Å². The molecule has 0 aromatic carbocycles. The summed E-state index contributed by atoms with van der Waals surface area (Å²) in [6.07, 6.45) is 0.324. The summed E-state index contributed by atoms with van der Waals surface area (Å²) in [5, 5.41) is 0. The fourth-order valence-electron chi connectivity index (χ4n) is 4.30. The summed E-state index contributed by atoms with van der Waals surface area (Å²) in [5.74, 6) is -0.152. The third kappa shape index (κ3) is 6.25. The first-order valence-electron chi connectivity index (χ1n) is 10.6. The van der Waals surface area contributed by atoms with Crippen LogP contribution in [0.15, 0.2) is 12.2 Å². The minimum absolute atomic E-state index is 0.00171. The average molecular weight is 399 g/mol. The van der Waals surface area contributed by atoms with Crippen molar-refractivity contribution in [3.63, 3.8) is 0 Å². The van der Waals surface area contributed by atoms with Gasteiger partial charge in [0.15, 0.2) is 19.9 Å². The molecule has 5 atom stereocenters. The van der Waals surface area contributed by atoms with Crippen LogP contribution in [0.25, 0.3) is 0 Å². The lowest BCUT2D eigenvalue weighted by atomic mass is 9.82. The van der Waals surface area contributed by atoms with Gasteiger partial charge in [-0.1, -0.05) is 46.8 Å². The Balaban J connectivity index is 2.98. The van der Waals surface area contributed by atoms with Gasteiger partial charge < -0.3 is 13.9 Å². The van der Waals surface area contributed by atoms with Gasteiger partial charge >= 0.3 is 0 Å². The molecule has 0 spiro atoms. The second-order valence-corrected chi connectivity index (χ2v) is 13.6. The zero-order chi connectivity index (χ0) is 21.0. The van der Waals surface area contributed by atoms with E-state index in [-0.39, 0.29) is 35.9 Å². The number of carbonyl (C=O) groups excluding carboxylic acids is 1. The van der Waals surface area contributed by atoms with Crippen molar-refractivity contribution in [1.82, 2.24) is 0 Å². The van der Waals surface area contributed by atoms with Gasteiger partial charge in [-0.3, -0.25) is 4.79 Å². The van der Waals surface area contributed by atoms with E-state index in [0.29, 0.717) is 6.42 Å². The molecule has 1 aliphatic rings. The van der Waals surface area contributed by atoms with E-state index in [4.69, 9.17) is 13.9 Å². The second-order valence-electron chi connectivity index (χ2n) is 8.90. The summed E-state index contributed by atoms with van der Waals surface area (Å²) in [6, 6.07) is 3.15. The van der Waals surface area contributed by atoms with Crippen LogP contribution in [0.3, 0.4) is 0 Å². The topological polar surface area (TPSA) is 44.8 Å². The predicted molar refractivity (Wildman–Crippen MR) is 114 cm³/mol. The van der Waals surface area contributed by atoms with Gasteiger partial charge in [0.1, 0.15) is 6.10 Å². The van der Waals surface area contributed by atoms with Gasteiger partial charge in [0, 0.05) is 5.92 Å². The van der Waals surface area contributed by atoms with E-state index in [1.165, 1.54) is 0 Å². The second kappa shape index (κ2) is 9.81. The molecule has 1 heterocycles. The van der Waals surface area contributed by atoms with Crippen LogP contribution in [0.5, 0.6) is 0 Å². The third-order valence-corrected chi connectivity index (χ3v) is 10.9. The van der Waals surface area contributed by atoms with Crippen molar-refractivity contribution in [2.45, 2.75) is 111 Å². The average Bonchev–Trinajstić information content (AvgIpc) is 2.60. The lowest BCUT2D eigenvalue weighted by Crippen LogP contribution is -2.53. The third-order valence-electron chi connectivity index (χ3n) is 6.24. The fraction of sp³-hybridized carbons (Fsp3) is 0.864. The van der Waals surface area contributed by atoms with Crippen LogP contribution in [-0.4, -0.2) is 38.2 Å². The quantitative estimate of drug-likeness (QED) is 0.348. The molecule has 0 N–H and O–H groups in total. The summed E-state index contributed by atoms with van der Waals surface area (Å²) < 4.78 is 19.0. The number of hydrogen-bond acceptors (Lipinski definition) is 4. The Bertz CT molecular complexity index is 504. The molecule has 1 saturated heterocycles. The molecule has 0 radical (unpaired) electrons. The highest BCUT2D eigenvalue weighted by Crippen LogP contribution is 2.38. The van der Waals surface area contributed by atoms with Crippen molar-refractivity contribution >= 4 is 14.1 Å². The monoisotopic (exact) mass is 398 g/mol. The summed E-state index contributed by atoms with van der Waals surface area (Å²) >= 11 is 0. The molecule has 5 heteroatoms. The summed E-state index contributed by atoms with van der Waals surface area (Å²) in [6.45, 7) is 22.6. The van der Waals surface area contributed by atoms with Crippen LogP contribution in [0.1, 0.15) is 68.7 Å². The zero-order valence-electron chi connectivity index (χ0n) is 19.1. The van der Waals surface area contributed by atoms with Gasteiger partial charge in [0.25, 0.3) is 0 Å². The van der Waals surface area contributed by atoms with E-state index in [9.17, 15) is 4.79 Å². The number of ether oxygens (including phenoxy) is 2. The molecule has 1 rings (SSSR count). The van der Waals surface area contributed by atoms with Crippen molar-refractivity contribution in [2.75, 3.05) is 0 Å². The molecule has 0 saturated carbocycles. The Labute approximate surface area is 168 Å². The van der Waals surface area contributed by atoms with E-state index in [1.807, 2.05) is 20.8 Å².